The van der Waals surface area contributed by atoms with Gasteiger partial charge < -0.3 is 16.0 Å². The van der Waals surface area contributed by atoms with E-state index in [0.29, 0.717) is 0 Å². The van der Waals surface area contributed by atoms with Gasteiger partial charge in [0.2, 0.25) is 0 Å². The maximum absolute atomic E-state index is 5.62. The molecule has 0 atom stereocenters. The lowest BCUT2D eigenvalue weighted by molar-refractivity contribution is 0.303. The Hall–Kier alpha value is -0.740. The molecule has 0 radical (unpaired) electrons. The van der Waals surface area contributed by atoms with Crippen molar-refractivity contribution in [1.29, 1.82) is 0 Å². The van der Waals surface area contributed by atoms with Gasteiger partial charge in [-0.2, -0.15) is 0 Å². The molecule has 0 unspecified atom stereocenters. The van der Waals surface area contributed by atoms with Crippen LogP contribution in [0.5, 0.6) is 0 Å². The number of rotatable bonds is 7. The topological polar surface area (TPSA) is 41.3 Å². The molecule has 0 aromatic heterocycles. The van der Waals surface area contributed by atoms with Crippen LogP contribution in [0.1, 0.15) is 20.3 Å². The smallest absolute Gasteiger partial charge is 0.0341 e. The number of hydrogen-bond donors (Lipinski definition) is 2. The second-order valence-corrected chi connectivity index (χ2v) is 3.93. The fourth-order valence-corrected chi connectivity index (χ4v) is 1.68. The minimum atomic E-state index is 0. The van der Waals surface area contributed by atoms with Gasteiger partial charge in [0.15, 0.2) is 0 Å². The molecule has 0 fully saturated rings. The number of nitrogens with zero attached hydrogens (tertiary/aromatic N) is 1. The van der Waals surface area contributed by atoms with E-state index in [1.807, 2.05) is 24.3 Å². The summed E-state index contributed by atoms with van der Waals surface area (Å²) >= 11 is 0. The van der Waals surface area contributed by atoms with E-state index < -0.39 is 0 Å². The number of halogens is 1. The van der Waals surface area contributed by atoms with Crippen LogP contribution in [0.4, 0.5) is 11.4 Å². The Balaban J connectivity index is 0.00000256. The second-order valence-electron chi connectivity index (χ2n) is 3.93. The molecule has 0 saturated carbocycles. The summed E-state index contributed by atoms with van der Waals surface area (Å²) in [5.74, 6) is 0. The van der Waals surface area contributed by atoms with E-state index in [2.05, 4.69) is 24.1 Å². The summed E-state index contributed by atoms with van der Waals surface area (Å²) in [6.45, 7) is 8.86. The first-order valence-electron chi connectivity index (χ1n) is 6.08. The van der Waals surface area contributed by atoms with E-state index in [1.54, 1.807) is 0 Å². The Labute approximate surface area is 115 Å². The zero-order valence-corrected chi connectivity index (χ0v) is 12.5. The third kappa shape index (κ3) is 6.54. The Bertz CT molecular complexity index is 283. The lowest BCUT2D eigenvalue weighted by atomic mass is 10.3. The first-order chi connectivity index (χ1) is 7.76. The molecule has 17 heavy (non-hydrogen) atoms. The summed E-state index contributed by atoms with van der Waals surface area (Å²) in [5, 5.41) is 3.39. The molecule has 0 amide bonds. The molecule has 0 aliphatic carbocycles. The molecule has 0 saturated heterocycles. The van der Waals surface area contributed by atoms with Crippen LogP contribution >= 0.6 is 17.0 Å². The number of nitrogens with two attached hydrogens (primary N) is 1. The van der Waals surface area contributed by atoms with Gasteiger partial charge in [0.25, 0.3) is 0 Å². The standard InChI is InChI=1S/C13H23N3.BrH/c1-3-16(4-2)11-5-10-15-13-8-6-12(14)7-9-13;/h6-9,15H,3-5,10-11,14H2,1-2H3;1H. The first kappa shape index (κ1) is 16.3. The highest BCUT2D eigenvalue weighted by atomic mass is 79.9. The van der Waals surface area contributed by atoms with Crippen molar-refractivity contribution in [2.75, 3.05) is 37.2 Å². The van der Waals surface area contributed by atoms with Gasteiger partial charge in [0, 0.05) is 17.9 Å². The third-order valence-corrected chi connectivity index (χ3v) is 2.79. The van der Waals surface area contributed by atoms with E-state index in [0.717, 1.165) is 37.6 Å². The van der Waals surface area contributed by atoms with Crippen LogP contribution in [0, 0.1) is 0 Å². The summed E-state index contributed by atoms with van der Waals surface area (Å²) in [6, 6.07) is 7.89. The minimum absolute atomic E-state index is 0. The molecule has 0 aliphatic rings. The zero-order valence-electron chi connectivity index (χ0n) is 10.8. The van der Waals surface area contributed by atoms with Crippen LogP contribution in [-0.2, 0) is 0 Å². The van der Waals surface area contributed by atoms with Gasteiger partial charge in [-0.1, -0.05) is 13.8 Å². The fourth-order valence-electron chi connectivity index (χ4n) is 1.68. The lowest BCUT2D eigenvalue weighted by Gasteiger charge is -2.17. The van der Waals surface area contributed by atoms with E-state index in [9.17, 15) is 0 Å². The van der Waals surface area contributed by atoms with E-state index >= 15 is 0 Å². The maximum atomic E-state index is 5.62. The monoisotopic (exact) mass is 301 g/mol. The molecule has 3 N–H and O–H groups in total. The fraction of sp³-hybridized carbons (Fsp3) is 0.538. The molecule has 0 aliphatic heterocycles. The maximum Gasteiger partial charge on any atom is 0.0341 e. The van der Waals surface area contributed by atoms with Crippen molar-refractivity contribution >= 4 is 28.4 Å². The molecule has 0 spiro atoms. The van der Waals surface area contributed by atoms with E-state index in [4.69, 9.17) is 5.73 Å². The first-order valence-corrected chi connectivity index (χ1v) is 6.08. The molecule has 3 nitrogen and oxygen atoms in total. The molecule has 98 valence electrons. The Kier molecular flexibility index (Phi) is 8.90. The number of nitrogens with one attached hydrogen (secondary N) is 1. The van der Waals surface area contributed by atoms with Gasteiger partial charge in [-0.3, -0.25) is 0 Å². The molecule has 1 rings (SSSR count). The van der Waals surface area contributed by atoms with E-state index in [1.165, 1.54) is 6.42 Å². The highest BCUT2D eigenvalue weighted by molar-refractivity contribution is 8.93. The second kappa shape index (κ2) is 9.31. The van der Waals surface area contributed by atoms with Gasteiger partial charge in [0.1, 0.15) is 0 Å². The molecule has 1 aromatic rings. The van der Waals surface area contributed by atoms with Crippen molar-refractivity contribution in [3.8, 4) is 0 Å². The largest absolute Gasteiger partial charge is 0.399 e. The van der Waals surface area contributed by atoms with Crippen LogP contribution < -0.4 is 11.1 Å². The summed E-state index contributed by atoms with van der Waals surface area (Å²) in [5.41, 5.74) is 7.58. The van der Waals surface area contributed by atoms with Crippen LogP contribution in [0.25, 0.3) is 0 Å². The van der Waals surface area contributed by atoms with Crippen LogP contribution in [0.2, 0.25) is 0 Å². The SMILES string of the molecule is Br.CCN(CC)CCCNc1ccc(N)cc1. The molecule has 0 bridgehead atoms. The highest BCUT2D eigenvalue weighted by Gasteiger charge is 1.97. The zero-order chi connectivity index (χ0) is 11.8. The molecule has 0 heterocycles. The summed E-state index contributed by atoms with van der Waals surface area (Å²) < 4.78 is 0. The minimum Gasteiger partial charge on any atom is -0.399 e. The van der Waals surface area contributed by atoms with Crippen molar-refractivity contribution in [2.24, 2.45) is 0 Å². The van der Waals surface area contributed by atoms with Crippen LogP contribution in [-0.4, -0.2) is 31.1 Å². The molecule has 4 heteroatoms. The summed E-state index contributed by atoms with van der Waals surface area (Å²) in [6.07, 6.45) is 1.17. The normalized spacial score (nSPS) is 10.1. The average molecular weight is 302 g/mol. The van der Waals surface area contributed by atoms with Crippen LogP contribution in [0.15, 0.2) is 24.3 Å². The predicted octanol–water partition coefficient (Wildman–Crippen LogP) is 2.99. The number of nitrogen functional groups attached to an aromatic ring is 1. The van der Waals surface area contributed by atoms with Crippen molar-refractivity contribution in [2.45, 2.75) is 20.3 Å². The molecule has 1 aromatic carbocycles. The molecular weight excluding hydrogens is 278 g/mol. The predicted molar refractivity (Wildman–Crippen MR) is 82.1 cm³/mol. The van der Waals surface area contributed by atoms with Crippen molar-refractivity contribution in [1.82, 2.24) is 4.90 Å². The van der Waals surface area contributed by atoms with Gasteiger partial charge >= 0.3 is 0 Å². The quantitative estimate of drug-likeness (QED) is 0.601. The van der Waals surface area contributed by atoms with E-state index in [-0.39, 0.29) is 17.0 Å². The van der Waals surface area contributed by atoms with Crippen LogP contribution in [0.3, 0.4) is 0 Å². The Morgan fingerprint density at radius 1 is 1.12 bits per heavy atom. The molecular formula is C13H24BrN3. The van der Waals surface area contributed by atoms with Gasteiger partial charge in [-0.25, -0.2) is 0 Å². The highest BCUT2D eigenvalue weighted by Crippen LogP contribution is 2.10. The Morgan fingerprint density at radius 2 is 1.71 bits per heavy atom. The van der Waals surface area contributed by atoms with Gasteiger partial charge in [-0.05, 0) is 50.3 Å². The Morgan fingerprint density at radius 3 is 2.24 bits per heavy atom. The average Bonchev–Trinajstić information content (AvgIpc) is 2.32. The third-order valence-electron chi connectivity index (χ3n) is 2.79. The van der Waals surface area contributed by atoms with Gasteiger partial charge in [0.05, 0.1) is 0 Å². The number of hydrogen-bond acceptors (Lipinski definition) is 3. The van der Waals surface area contributed by atoms with Crippen molar-refractivity contribution < 1.29 is 0 Å². The summed E-state index contributed by atoms with van der Waals surface area (Å²) in [7, 11) is 0. The van der Waals surface area contributed by atoms with Gasteiger partial charge in [-0.15, -0.1) is 17.0 Å². The van der Waals surface area contributed by atoms with Crippen molar-refractivity contribution in [3.05, 3.63) is 24.3 Å². The van der Waals surface area contributed by atoms with Crippen molar-refractivity contribution in [3.63, 3.8) is 0 Å². The lowest BCUT2D eigenvalue weighted by Crippen LogP contribution is -2.25. The number of benzene rings is 1. The summed E-state index contributed by atoms with van der Waals surface area (Å²) in [4.78, 5) is 2.44. The number of anilines is 2.